The average Bonchev–Trinajstić information content (AvgIpc) is 2.61. The number of aliphatic hydroxyl groups excluding tert-OH is 1. The average molecular weight is 197 g/mol. The molecule has 0 saturated heterocycles. The van der Waals surface area contributed by atoms with Gasteiger partial charge in [0, 0.05) is 30.9 Å². The van der Waals surface area contributed by atoms with Crippen LogP contribution >= 0.6 is 0 Å². The molecular formula is C10H19N3O. The Bertz CT molecular complexity index is 268. The highest BCUT2D eigenvalue weighted by Gasteiger charge is 2.11. The van der Waals surface area contributed by atoms with Crippen LogP contribution in [0.1, 0.15) is 31.9 Å². The molecule has 0 spiro atoms. The van der Waals surface area contributed by atoms with Crippen LogP contribution in [0.2, 0.25) is 0 Å². The van der Waals surface area contributed by atoms with E-state index in [1.165, 1.54) is 0 Å². The van der Waals surface area contributed by atoms with Crippen LogP contribution in [-0.4, -0.2) is 27.5 Å². The Morgan fingerprint density at radius 3 is 2.79 bits per heavy atom. The van der Waals surface area contributed by atoms with E-state index < -0.39 is 0 Å². The Kier molecular flexibility index (Phi) is 4.10. The van der Waals surface area contributed by atoms with Crippen molar-refractivity contribution in [2.24, 2.45) is 7.05 Å². The first-order valence-electron chi connectivity index (χ1n) is 5.02. The van der Waals surface area contributed by atoms with E-state index in [0.29, 0.717) is 0 Å². The fourth-order valence-electron chi connectivity index (χ4n) is 1.41. The van der Waals surface area contributed by atoms with Crippen LogP contribution in [0.5, 0.6) is 0 Å². The zero-order valence-corrected chi connectivity index (χ0v) is 9.07. The maximum atomic E-state index is 9.04. The molecule has 1 aromatic heterocycles. The van der Waals surface area contributed by atoms with Crippen LogP contribution in [0, 0.1) is 0 Å². The van der Waals surface area contributed by atoms with Gasteiger partial charge in [0.1, 0.15) is 0 Å². The Hall–Kier alpha value is -0.870. The number of hydrogen-bond acceptors (Lipinski definition) is 3. The molecule has 4 nitrogen and oxygen atoms in total. The molecule has 0 aliphatic rings. The van der Waals surface area contributed by atoms with Gasteiger partial charge in [0.15, 0.2) is 0 Å². The van der Waals surface area contributed by atoms with Gasteiger partial charge in [0.2, 0.25) is 0 Å². The van der Waals surface area contributed by atoms with Crippen LogP contribution < -0.4 is 5.32 Å². The number of aliphatic hydroxyl groups is 1. The molecule has 14 heavy (non-hydrogen) atoms. The van der Waals surface area contributed by atoms with Crippen molar-refractivity contribution in [3.8, 4) is 0 Å². The fraction of sp³-hybridized carbons (Fsp3) is 0.700. The first kappa shape index (κ1) is 11.2. The van der Waals surface area contributed by atoms with E-state index in [1.807, 2.05) is 19.4 Å². The molecule has 0 aliphatic heterocycles. The van der Waals surface area contributed by atoms with Gasteiger partial charge in [-0.3, -0.25) is 4.68 Å². The van der Waals surface area contributed by atoms with Crippen molar-refractivity contribution in [1.29, 1.82) is 0 Å². The summed E-state index contributed by atoms with van der Waals surface area (Å²) in [5.41, 5.74) is 1.15. The highest BCUT2D eigenvalue weighted by atomic mass is 16.3. The summed E-state index contributed by atoms with van der Waals surface area (Å²) in [4.78, 5) is 0. The molecule has 2 atom stereocenters. The lowest BCUT2D eigenvalue weighted by Gasteiger charge is -2.19. The first-order chi connectivity index (χ1) is 6.67. The largest absolute Gasteiger partial charge is 0.395 e. The number of aryl methyl sites for hydroxylation is 1. The Balaban J connectivity index is 2.53. The Labute approximate surface area is 84.9 Å². The summed E-state index contributed by atoms with van der Waals surface area (Å²) < 4.78 is 1.79. The normalized spacial score (nSPS) is 15.4. The smallest absolute Gasteiger partial charge is 0.0584 e. The maximum absolute atomic E-state index is 9.04. The van der Waals surface area contributed by atoms with E-state index >= 15 is 0 Å². The molecule has 0 saturated carbocycles. The second-order valence-corrected chi connectivity index (χ2v) is 3.62. The van der Waals surface area contributed by atoms with Crippen molar-refractivity contribution < 1.29 is 5.11 Å². The molecule has 0 radical (unpaired) electrons. The lowest BCUT2D eigenvalue weighted by Crippen LogP contribution is -2.33. The number of nitrogens with zero attached hydrogens (tertiary/aromatic N) is 2. The van der Waals surface area contributed by atoms with Crippen LogP contribution in [0.15, 0.2) is 12.4 Å². The molecule has 1 unspecified atom stereocenters. The molecule has 0 bridgehead atoms. The summed E-state index contributed by atoms with van der Waals surface area (Å²) in [6.07, 6.45) is 4.77. The molecular weight excluding hydrogens is 178 g/mol. The van der Waals surface area contributed by atoms with Gasteiger partial charge in [0.05, 0.1) is 12.8 Å². The predicted molar refractivity (Wildman–Crippen MR) is 55.9 cm³/mol. The van der Waals surface area contributed by atoms with Gasteiger partial charge in [-0.05, 0) is 13.3 Å². The summed E-state index contributed by atoms with van der Waals surface area (Å²) in [6.45, 7) is 4.32. The first-order valence-corrected chi connectivity index (χ1v) is 5.02. The maximum Gasteiger partial charge on any atom is 0.0584 e. The van der Waals surface area contributed by atoms with Crippen LogP contribution in [0.3, 0.4) is 0 Å². The molecule has 1 aromatic rings. The zero-order chi connectivity index (χ0) is 10.6. The fourth-order valence-corrected chi connectivity index (χ4v) is 1.41. The molecule has 0 amide bonds. The number of aromatic nitrogens is 2. The van der Waals surface area contributed by atoms with Crippen LogP contribution in [-0.2, 0) is 7.05 Å². The number of nitrogens with one attached hydrogen (secondary N) is 1. The highest BCUT2D eigenvalue weighted by molar-refractivity contribution is 5.09. The van der Waals surface area contributed by atoms with E-state index in [0.717, 1.165) is 12.0 Å². The number of hydrogen-bond donors (Lipinski definition) is 2. The minimum Gasteiger partial charge on any atom is -0.395 e. The monoisotopic (exact) mass is 197 g/mol. The minimum atomic E-state index is 0.171. The topological polar surface area (TPSA) is 50.1 Å². The van der Waals surface area contributed by atoms with Crippen molar-refractivity contribution in [3.05, 3.63) is 18.0 Å². The molecule has 1 rings (SSSR count). The molecule has 0 aliphatic carbocycles. The van der Waals surface area contributed by atoms with E-state index in [2.05, 4.69) is 24.3 Å². The van der Waals surface area contributed by atoms with Crippen molar-refractivity contribution in [3.63, 3.8) is 0 Å². The van der Waals surface area contributed by atoms with E-state index in [-0.39, 0.29) is 18.7 Å². The van der Waals surface area contributed by atoms with Crippen molar-refractivity contribution in [2.75, 3.05) is 6.61 Å². The Morgan fingerprint density at radius 1 is 1.64 bits per heavy atom. The third-order valence-corrected chi connectivity index (χ3v) is 2.42. The molecule has 0 aromatic carbocycles. The van der Waals surface area contributed by atoms with Gasteiger partial charge in [-0.15, -0.1) is 0 Å². The molecule has 80 valence electrons. The summed E-state index contributed by atoms with van der Waals surface area (Å²) >= 11 is 0. The van der Waals surface area contributed by atoms with Gasteiger partial charge in [-0.1, -0.05) is 6.92 Å². The van der Waals surface area contributed by atoms with Crippen LogP contribution in [0.25, 0.3) is 0 Å². The summed E-state index contributed by atoms with van der Waals surface area (Å²) in [5.74, 6) is 0. The van der Waals surface area contributed by atoms with Gasteiger partial charge >= 0.3 is 0 Å². The summed E-state index contributed by atoms with van der Waals surface area (Å²) in [7, 11) is 1.90. The standard InChI is InChI=1S/C10H19N3O/c1-4-10(7-14)12-8(2)9-5-11-13(3)6-9/h5-6,8,10,12,14H,4,7H2,1-3H3/t8?,10-/m0/s1. The van der Waals surface area contributed by atoms with Crippen molar-refractivity contribution in [2.45, 2.75) is 32.4 Å². The molecule has 2 N–H and O–H groups in total. The minimum absolute atomic E-state index is 0.171. The highest BCUT2D eigenvalue weighted by Crippen LogP contribution is 2.11. The van der Waals surface area contributed by atoms with E-state index in [1.54, 1.807) is 4.68 Å². The lowest BCUT2D eigenvalue weighted by molar-refractivity contribution is 0.230. The van der Waals surface area contributed by atoms with Crippen LogP contribution in [0.4, 0.5) is 0 Å². The predicted octanol–water partition coefficient (Wildman–Crippen LogP) is 0.842. The summed E-state index contributed by atoms with van der Waals surface area (Å²) in [6, 6.07) is 0.408. The number of rotatable bonds is 5. The third kappa shape index (κ3) is 2.82. The van der Waals surface area contributed by atoms with Gasteiger partial charge in [0.25, 0.3) is 0 Å². The van der Waals surface area contributed by atoms with Crippen molar-refractivity contribution in [1.82, 2.24) is 15.1 Å². The second kappa shape index (κ2) is 5.12. The SMILES string of the molecule is CC[C@@H](CO)NC(C)c1cnn(C)c1. The quantitative estimate of drug-likeness (QED) is 0.735. The van der Waals surface area contributed by atoms with Crippen molar-refractivity contribution >= 4 is 0 Å². The van der Waals surface area contributed by atoms with Gasteiger partial charge in [-0.25, -0.2) is 0 Å². The van der Waals surface area contributed by atoms with E-state index in [4.69, 9.17) is 5.11 Å². The third-order valence-electron chi connectivity index (χ3n) is 2.42. The van der Waals surface area contributed by atoms with E-state index in [9.17, 15) is 0 Å². The summed E-state index contributed by atoms with van der Waals surface area (Å²) in [5, 5.41) is 16.5. The van der Waals surface area contributed by atoms with Gasteiger partial charge in [-0.2, -0.15) is 5.10 Å². The second-order valence-electron chi connectivity index (χ2n) is 3.62. The molecule has 1 heterocycles. The van der Waals surface area contributed by atoms with Gasteiger partial charge < -0.3 is 10.4 Å². The zero-order valence-electron chi connectivity index (χ0n) is 9.07. The lowest BCUT2D eigenvalue weighted by atomic mass is 10.1. The molecule has 0 fully saturated rings. The molecule has 4 heteroatoms. The Morgan fingerprint density at radius 2 is 2.36 bits per heavy atom.